The zero-order valence-corrected chi connectivity index (χ0v) is 12.8. The molecule has 0 aromatic heterocycles. The molecular formula is C15H23NO2S. The number of methoxy groups -OCH3 is 1. The van der Waals surface area contributed by atoms with Crippen LogP contribution in [0.4, 0.5) is 0 Å². The first-order valence-corrected chi connectivity index (χ1v) is 8.46. The molecule has 106 valence electrons. The Bertz CT molecular complexity index is 461. The molecule has 2 rings (SSSR count). The highest BCUT2D eigenvalue weighted by Crippen LogP contribution is 2.32. The molecule has 0 spiro atoms. The summed E-state index contributed by atoms with van der Waals surface area (Å²) in [5.41, 5.74) is 2.76. The fourth-order valence-electron chi connectivity index (χ4n) is 2.56. The van der Waals surface area contributed by atoms with E-state index in [1.165, 1.54) is 17.5 Å². The molecule has 3 nitrogen and oxygen atoms in total. The molecule has 1 aliphatic rings. The average Bonchev–Trinajstić information content (AvgIpc) is 2.43. The van der Waals surface area contributed by atoms with E-state index < -0.39 is 10.8 Å². The molecule has 0 aliphatic heterocycles. The fraction of sp³-hybridized carbons (Fsp3) is 0.600. The number of benzene rings is 1. The molecule has 0 bridgehead atoms. The number of rotatable bonds is 5. The van der Waals surface area contributed by atoms with Gasteiger partial charge < -0.3 is 10.1 Å². The lowest BCUT2D eigenvalue weighted by molar-refractivity contribution is 0.410. The predicted molar refractivity (Wildman–Crippen MR) is 80.2 cm³/mol. The van der Waals surface area contributed by atoms with Gasteiger partial charge in [-0.2, -0.15) is 0 Å². The smallest absolute Gasteiger partial charge is 0.119 e. The quantitative estimate of drug-likeness (QED) is 0.901. The van der Waals surface area contributed by atoms with Gasteiger partial charge in [0.15, 0.2) is 0 Å². The fourth-order valence-corrected chi connectivity index (χ4v) is 2.89. The monoisotopic (exact) mass is 281 g/mol. The van der Waals surface area contributed by atoms with Gasteiger partial charge in [-0.3, -0.25) is 4.21 Å². The van der Waals surface area contributed by atoms with Crippen LogP contribution in [0.3, 0.4) is 0 Å². The second-order valence-corrected chi connectivity index (χ2v) is 7.03. The highest BCUT2D eigenvalue weighted by Gasteiger charge is 2.21. The van der Waals surface area contributed by atoms with Gasteiger partial charge in [-0.1, -0.05) is 6.07 Å². The minimum atomic E-state index is -0.760. The van der Waals surface area contributed by atoms with Crippen LogP contribution in [0.1, 0.15) is 36.9 Å². The van der Waals surface area contributed by atoms with Crippen molar-refractivity contribution in [2.24, 2.45) is 0 Å². The summed E-state index contributed by atoms with van der Waals surface area (Å²) in [5.74, 6) is 0.933. The van der Waals surface area contributed by atoms with E-state index in [4.69, 9.17) is 4.74 Å². The molecule has 3 unspecified atom stereocenters. The SMILES string of the molecule is COc1ccc2c(c1)CCCC2NCC(C)S(C)=O. The summed E-state index contributed by atoms with van der Waals surface area (Å²) in [5, 5.41) is 3.76. The Balaban J connectivity index is 2.07. The number of aryl methyl sites for hydroxylation is 1. The second kappa shape index (κ2) is 6.53. The number of hydrogen-bond acceptors (Lipinski definition) is 3. The molecule has 0 saturated heterocycles. The molecule has 0 amide bonds. The van der Waals surface area contributed by atoms with Gasteiger partial charge in [-0.15, -0.1) is 0 Å². The van der Waals surface area contributed by atoms with Gasteiger partial charge in [-0.25, -0.2) is 0 Å². The van der Waals surface area contributed by atoms with Crippen LogP contribution in [0, 0.1) is 0 Å². The van der Waals surface area contributed by atoms with E-state index in [1.807, 2.05) is 13.0 Å². The van der Waals surface area contributed by atoms with Crippen LogP contribution in [-0.2, 0) is 17.2 Å². The third kappa shape index (κ3) is 3.57. The van der Waals surface area contributed by atoms with Crippen molar-refractivity contribution in [1.82, 2.24) is 5.32 Å². The van der Waals surface area contributed by atoms with Crippen LogP contribution in [0.5, 0.6) is 5.75 Å². The normalized spacial score (nSPS) is 21.5. The first-order valence-electron chi connectivity index (χ1n) is 6.84. The number of fused-ring (bicyclic) bond motifs is 1. The Morgan fingerprint density at radius 1 is 1.53 bits per heavy atom. The summed E-state index contributed by atoms with van der Waals surface area (Å²) in [6, 6.07) is 6.73. The number of ether oxygens (including phenoxy) is 1. The predicted octanol–water partition coefficient (Wildman–Crippen LogP) is 2.43. The van der Waals surface area contributed by atoms with Crippen molar-refractivity contribution in [2.45, 2.75) is 37.5 Å². The summed E-state index contributed by atoms with van der Waals surface area (Å²) in [6.07, 6.45) is 5.25. The summed E-state index contributed by atoms with van der Waals surface area (Å²) in [6.45, 7) is 2.83. The zero-order chi connectivity index (χ0) is 13.8. The van der Waals surface area contributed by atoms with Crippen LogP contribution in [0.25, 0.3) is 0 Å². The van der Waals surface area contributed by atoms with E-state index in [9.17, 15) is 4.21 Å². The lowest BCUT2D eigenvalue weighted by atomic mass is 9.87. The van der Waals surface area contributed by atoms with Crippen LogP contribution in [-0.4, -0.2) is 29.4 Å². The van der Waals surface area contributed by atoms with Crippen LogP contribution in [0.2, 0.25) is 0 Å². The van der Waals surface area contributed by atoms with Gasteiger partial charge in [0.05, 0.1) is 7.11 Å². The van der Waals surface area contributed by atoms with E-state index in [1.54, 1.807) is 13.4 Å². The largest absolute Gasteiger partial charge is 0.497 e. The lowest BCUT2D eigenvalue weighted by Gasteiger charge is -2.27. The van der Waals surface area contributed by atoms with Crippen LogP contribution < -0.4 is 10.1 Å². The Hall–Kier alpha value is -0.870. The van der Waals surface area contributed by atoms with Crippen LogP contribution in [0.15, 0.2) is 18.2 Å². The van der Waals surface area contributed by atoms with Crippen molar-refractivity contribution in [2.75, 3.05) is 19.9 Å². The topological polar surface area (TPSA) is 38.3 Å². The van der Waals surface area contributed by atoms with Gasteiger partial charge in [0.2, 0.25) is 0 Å². The molecular weight excluding hydrogens is 258 g/mol. The number of hydrogen-bond donors (Lipinski definition) is 1. The Labute approximate surface area is 118 Å². The maximum absolute atomic E-state index is 11.4. The van der Waals surface area contributed by atoms with E-state index in [0.29, 0.717) is 6.04 Å². The molecule has 1 aromatic rings. The second-order valence-electron chi connectivity index (χ2n) is 5.23. The Kier molecular flexibility index (Phi) is 4.99. The molecule has 1 aliphatic carbocycles. The van der Waals surface area contributed by atoms with Crippen molar-refractivity contribution in [1.29, 1.82) is 0 Å². The highest BCUT2D eigenvalue weighted by molar-refractivity contribution is 7.84. The summed E-state index contributed by atoms with van der Waals surface area (Å²) < 4.78 is 16.7. The molecule has 0 fully saturated rings. The zero-order valence-electron chi connectivity index (χ0n) is 11.9. The molecule has 0 radical (unpaired) electrons. The van der Waals surface area contributed by atoms with Crippen molar-refractivity contribution in [3.63, 3.8) is 0 Å². The minimum Gasteiger partial charge on any atom is -0.497 e. The third-order valence-electron chi connectivity index (χ3n) is 3.88. The molecule has 1 aromatic carbocycles. The lowest BCUT2D eigenvalue weighted by Crippen LogP contribution is -2.32. The first kappa shape index (κ1) is 14.5. The van der Waals surface area contributed by atoms with Crippen molar-refractivity contribution in [3.8, 4) is 5.75 Å². The van der Waals surface area contributed by atoms with Crippen LogP contribution >= 0.6 is 0 Å². The average molecular weight is 281 g/mol. The van der Waals surface area contributed by atoms with Gasteiger partial charge in [0, 0.05) is 34.9 Å². The van der Waals surface area contributed by atoms with E-state index >= 15 is 0 Å². The summed E-state index contributed by atoms with van der Waals surface area (Å²) >= 11 is 0. The third-order valence-corrected chi connectivity index (χ3v) is 5.18. The Morgan fingerprint density at radius 3 is 3.00 bits per heavy atom. The maximum atomic E-state index is 11.4. The van der Waals surface area contributed by atoms with Crippen molar-refractivity contribution in [3.05, 3.63) is 29.3 Å². The summed E-state index contributed by atoms with van der Waals surface area (Å²) in [4.78, 5) is 0. The number of nitrogens with one attached hydrogen (secondary N) is 1. The minimum absolute atomic E-state index is 0.198. The molecule has 0 saturated carbocycles. The Morgan fingerprint density at radius 2 is 2.32 bits per heavy atom. The summed E-state index contributed by atoms with van der Waals surface area (Å²) in [7, 11) is 0.947. The standard InChI is InChI=1S/C15H23NO2S/c1-11(19(3)17)10-16-15-6-4-5-12-9-13(18-2)7-8-14(12)15/h7-9,11,15-16H,4-6,10H2,1-3H3. The molecule has 3 atom stereocenters. The first-order chi connectivity index (χ1) is 9.11. The van der Waals surface area contributed by atoms with Gasteiger partial charge in [-0.05, 0) is 49.4 Å². The molecule has 1 N–H and O–H groups in total. The van der Waals surface area contributed by atoms with Crippen molar-refractivity contribution < 1.29 is 8.95 Å². The molecule has 0 heterocycles. The molecule has 4 heteroatoms. The highest BCUT2D eigenvalue weighted by atomic mass is 32.2. The maximum Gasteiger partial charge on any atom is 0.119 e. The van der Waals surface area contributed by atoms with E-state index in [-0.39, 0.29) is 5.25 Å². The van der Waals surface area contributed by atoms with Crippen molar-refractivity contribution >= 4 is 10.8 Å². The van der Waals surface area contributed by atoms with E-state index in [0.717, 1.165) is 25.1 Å². The van der Waals surface area contributed by atoms with Gasteiger partial charge in [0.1, 0.15) is 5.75 Å². The van der Waals surface area contributed by atoms with Gasteiger partial charge in [0.25, 0.3) is 0 Å². The van der Waals surface area contributed by atoms with Gasteiger partial charge >= 0.3 is 0 Å². The molecule has 19 heavy (non-hydrogen) atoms. The van der Waals surface area contributed by atoms with E-state index in [2.05, 4.69) is 17.4 Å².